The van der Waals surface area contributed by atoms with Gasteiger partial charge in [-0.2, -0.15) is 0 Å². The lowest BCUT2D eigenvalue weighted by atomic mass is 9.89. The summed E-state index contributed by atoms with van der Waals surface area (Å²) in [6, 6.07) is 0.310. The lowest BCUT2D eigenvalue weighted by molar-refractivity contribution is -0.124. The second-order valence-corrected chi connectivity index (χ2v) is 5.30. The zero-order chi connectivity index (χ0) is 12.2. The molecular formula is C12H24N2O2. The van der Waals surface area contributed by atoms with Crippen molar-refractivity contribution >= 4 is 5.91 Å². The molecule has 0 saturated heterocycles. The zero-order valence-electron chi connectivity index (χ0n) is 10.6. The van der Waals surface area contributed by atoms with Crippen LogP contribution in [0, 0.1) is 0 Å². The van der Waals surface area contributed by atoms with E-state index >= 15 is 0 Å². The number of hydrogen-bond acceptors (Lipinski definition) is 3. The molecule has 0 aliphatic heterocycles. The molecule has 1 fully saturated rings. The Kier molecular flexibility index (Phi) is 4.74. The molecule has 0 radical (unpaired) electrons. The summed E-state index contributed by atoms with van der Waals surface area (Å²) < 4.78 is 5.43. The monoisotopic (exact) mass is 228 g/mol. The normalized spacial score (nSPS) is 25.0. The Labute approximate surface area is 97.9 Å². The maximum atomic E-state index is 11.5. The summed E-state index contributed by atoms with van der Waals surface area (Å²) in [5.41, 5.74) is 5.56. The number of rotatable bonds is 6. The van der Waals surface area contributed by atoms with Gasteiger partial charge in [0.05, 0.1) is 6.10 Å². The molecule has 0 aromatic carbocycles. The van der Waals surface area contributed by atoms with Crippen LogP contribution in [0.1, 0.15) is 46.5 Å². The van der Waals surface area contributed by atoms with Crippen LogP contribution >= 0.6 is 0 Å². The molecule has 0 atom stereocenters. The van der Waals surface area contributed by atoms with E-state index in [1.54, 1.807) is 0 Å². The van der Waals surface area contributed by atoms with Crippen LogP contribution in [-0.4, -0.2) is 30.2 Å². The van der Waals surface area contributed by atoms with Crippen LogP contribution in [0.15, 0.2) is 0 Å². The molecule has 94 valence electrons. The van der Waals surface area contributed by atoms with Gasteiger partial charge in [0.1, 0.15) is 0 Å². The van der Waals surface area contributed by atoms with Gasteiger partial charge in [-0.15, -0.1) is 0 Å². The van der Waals surface area contributed by atoms with Crippen molar-refractivity contribution in [3.63, 3.8) is 0 Å². The first kappa shape index (κ1) is 13.5. The minimum Gasteiger partial charge on any atom is -0.378 e. The first-order valence-corrected chi connectivity index (χ1v) is 6.10. The number of carbonyl (C=O) groups excluding carboxylic acids is 1. The third kappa shape index (κ3) is 4.94. The molecule has 16 heavy (non-hydrogen) atoms. The van der Waals surface area contributed by atoms with Crippen LogP contribution in [0.4, 0.5) is 0 Å². The van der Waals surface area contributed by atoms with Crippen molar-refractivity contribution < 1.29 is 9.53 Å². The molecule has 0 heterocycles. The average molecular weight is 228 g/mol. The molecule has 3 N–H and O–H groups in total. The minimum atomic E-state index is -0.259. The van der Waals surface area contributed by atoms with Crippen LogP contribution in [0.25, 0.3) is 0 Å². The number of carbonyl (C=O) groups is 1. The van der Waals surface area contributed by atoms with E-state index < -0.39 is 0 Å². The summed E-state index contributed by atoms with van der Waals surface area (Å²) in [4.78, 5) is 11.5. The number of amides is 1. The number of nitrogens with one attached hydrogen (secondary N) is 1. The predicted molar refractivity (Wildman–Crippen MR) is 64.1 cm³/mol. The Balaban J connectivity index is 2.08. The van der Waals surface area contributed by atoms with Crippen molar-refractivity contribution in [1.82, 2.24) is 5.32 Å². The standard InChI is InChI=1S/C12H24N2O2/c1-4-16-10-7-9(8-10)14-11(15)5-6-12(2,3)13/h9-10H,4-8,13H2,1-3H3,(H,14,15). The number of hydrogen-bond donors (Lipinski definition) is 2. The van der Waals surface area contributed by atoms with Crippen molar-refractivity contribution in [2.45, 2.75) is 64.1 Å². The summed E-state index contributed by atoms with van der Waals surface area (Å²) in [5, 5.41) is 3.00. The third-order valence-corrected chi connectivity index (χ3v) is 2.86. The van der Waals surface area contributed by atoms with Gasteiger partial charge in [-0.1, -0.05) is 0 Å². The molecule has 0 unspecified atom stereocenters. The molecule has 1 amide bonds. The smallest absolute Gasteiger partial charge is 0.220 e. The molecule has 0 bridgehead atoms. The molecule has 4 nitrogen and oxygen atoms in total. The maximum absolute atomic E-state index is 11.5. The molecule has 4 heteroatoms. The topological polar surface area (TPSA) is 64.3 Å². The van der Waals surface area contributed by atoms with Crippen molar-refractivity contribution in [3.05, 3.63) is 0 Å². The summed E-state index contributed by atoms with van der Waals surface area (Å²) in [6.07, 6.45) is 3.48. The maximum Gasteiger partial charge on any atom is 0.220 e. The highest BCUT2D eigenvalue weighted by Gasteiger charge is 2.30. The second-order valence-electron chi connectivity index (χ2n) is 5.30. The second kappa shape index (κ2) is 5.64. The minimum absolute atomic E-state index is 0.110. The van der Waals surface area contributed by atoms with Gasteiger partial charge in [-0.3, -0.25) is 4.79 Å². The Morgan fingerprint density at radius 1 is 1.50 bits per heavy atom. The van der Waals surface area contributed by atoms with Crippen molar-refractivity contribution in [1.29, 1.82) is 0 Å². The highest BCUT2D eigenvalue weighted by molar-refractivity contribution is 5.76. The van der Waals surface area contributed by atoms with Crippen LogP contribution in [-0.2, 0) is 9.53 Å². The van der Waals surface area contributed by atoms with Gasteiger partial charge in [0.15, 0.2) is 0 Å². The van der Waals surface area contributed by atoms with Crippen molar-refractivity contribution in [3.8, 4) is 0 Å². The summed E-state index contributed by atoms with van der Waals surface area (Å²) in [5.74, 6) is 0.110. The molecular weight excluding hydrogens is 204 g/mol. The summed E-state index contributed by atoms with van der Waals surface area (Å²) in [7, 11) is 0. The van der Waals surface area contributed by atoms with Gasteiger partial charge in [0.25, 0.3) is 0 Å². The fourth-order valence-corrected chi connectivity index (χ4v) is 1.79. The Hall–Kier alpha value is -0.610. The SMILES string of the molecule is CCOC1CC(NC(=O)CCC(C)(C)N)C1. The van der Waals surface area contributed by atoms with Crippen molar-refractivity contribution in [2.24, 2.45) is 5.73 Å². The first-order valence-electron chi connectivity index (χ1n) is 6.10. The fraction of sp³-hybridized carbons (Fsp3) is 0.917. The lowest BCUT2D eigenvalue weighted by Gasteiger charge is -2.35. The van der Waals surface area contributed by atoms with E-state index in [0.717, 1.165) is 25.9 Å². The van der Waals surface area contributed by atoms with Gasteiger partial charge >= 0.3 is 0 Å². The zero-order valence-corrected chi connectivity index (χ0v) is 10.6. The molecule has 1 rings (SSSR count). The van der Waals surface area contributed by atoms with Gasteiger partial charge in [-0.05, 0) is 40.0 Å². The van der Waals surface area contributed by atoms with E-state index in [4.69, 9.17) is 10.5 Å². The molecule has 0 aromatic heterocycles. The predicted octanol–water partition coefficient (Wildman–Crippen LogP) is 1.19. The molecule has 0 aromatic rings. The highest BCUT2D eigenvalue weighted by atomic mass is 16.5. The van der Waals surface area contributed by atoms with Gasteiger partial charge in [0, 0.05) is 24.6 Å². The number of nitrogens with two attached hydrogens (primary N) is 1. The van der Waals surface area contributed by atoms with E-state index in [-0.39, 0.29) is 11.4 Å². The average Bonchev–Trinajstić information content (AvgIpc) is 2.10. The Morgan fingerprint density at radius 3 is 2.62 bits per heavy atom. The Morgan fingerprint density at radius 2 is 2.12 bits per heavy atom. The van der Waals surface area contributed by atoms with Crippen LogP contribution in [0.5, 0.6) is 0 Å². The summed E-state index contributed by atoms with van der Waals surface area (Å²) >= 11 is 0. The van der Waals surface area contributed by atoms with Gasteiger partial charge in [-0.25, -0.2) is 0 Å². The lowest BCUT2D eigenvalue weighted by Crippen LogP contribution is -2.48. The van der Waals surface area contributed by atoms with Crippen LogP contribution in [0.2, 0.25) is 0 Å². The van der Waals surface area contributed by atoms with Crippen molar-refractivity contribution in [2.75, 3.05) is 6.61 Å². The third-order valence-electron chi connectivity index (χ3n) is 2.86. The highest BCUT2D eigenvalue weighted by Crippen LogP contribution is 2.23. The molecule has 1 aliphatic carbocycles. The largest absolute Gasteiger partial charge is 0.378 e. The molecule has 1 saturated carbocycles. The van der Waals surface area contributed by atoms with Crippen LogP contribution in [0.3, 0.4) is 0 Å². The molecule has 1 aliphatic rings. The van der Waals surface area contributed by atoms with Crippen LogP contribution < -0.4 is 11.1 Å². The van der Waals surface area contributed by atoms with E-state index in [2.05, 4.69) is 5.32 Å². The van der Waals surface area contributed by atoms with Gasteiger partial charge < -0.3 is 15.8 Å². The van der Waals surface area contributed by atoms with E-state index in [1.807, 2.05) is 20.8 Å². The Bertz CT molecular complexity index is 230. The first-order chi connectivity index (χ1) is 7.40. The van der Waals surface area contributed by atoms with E-state index in [9.17, 15) is 4.79 Å². The quantitative estimate of drug-likeness (QED) is 0.717. The van der Waals surface area contributed by atoms with E-state index in [0.29, 0.717) is 18.6 Å². The number of ether oxygens (including phenoxy) is 1. The summed E-state index contributed by atoms with van der Waals surface area (Å²) in [6.45, 7) is 6.63. The fourth-order valence-electron chi connectivity index (χ4n) is 1.79. The van der Waals surface area contributed by atoms with E-state index in [1.165, 1.54) is 0 Å². The molecule has 0 spiro atoms. The van der Waals surface area contributed by atoms with Gasteiger partial charge in [0.2, 0.25) is 5.91 Å².